The maximum absolute atomic E-state index is 11.6. The molecule has 0 bridgehead atoms. The van der Waals surface area contributed by atoms with E-state index < -0.39 is 0 Å². The van der Waals surface area contributed by atoms with E-state index >= 15 is 0 Å². The maximum Gasteiger partial charge on any atom is 0.136 e. The van der Waals surface area contributed by atoms with Crippen LogP contribution in [0.5, 0.6) is 0 Å². The molecule has 0 heterocycles. The van der Waals surface area contributed by atoms with Gasteiger partial charge in [-0.2, -0.15) is 0 Å². The molecule has 2 N–H and O–H groups in total. The number of allylic oxidation sites excluding steroid dienone is 1. The lowest BCUT2D eigenvalue weighted by Gasteiger charge is -2.11. The van der Waals surface area contributed by atoms with E-state index in [0.717, 1.165) is 17.6 Å². The van der Waals surface area contributed by atoms with Gasteiger partial charge in [0.2, 0.25) is 0 Å². The van der Waals surface area contributed by atoms with E-state index in [9.17, 15) is 4.79 Å². The van der Waals surface area contributed by atoms with Crippen molar-refractivity contribution in [3.05, 3.63) is 48.0 Å². The van der Waals surface area contributed by atoms with E-state index in [1.807, 2.05) is 37.3 Å². The van der Waals surface area contributed by atoms with Gasteiger partial charge in [-0.25, -0.2) is 0 Å². The van der Waals surface area contributed by atoms with Crippen LogP contribution in [0.3, 0.4) is 0 Å². The molecule has 1 rings (SSSR count). The van der Waals surface area contributed by atoms with Crippen LogP contribution in [-0.2, 0) is 4.79 Å². The number of hydrogen-bond donors (Lipinski definition) is 1. The van der Waals surface area contributed by atoms with Crippen molar-refractivity contribution >= 4 is 5.78 Å². The van der Waals surface area contributed by atoms with Crippen molar-refractivity contribution in [2.75, 3.05) is 0 Å². The van der Waals surface area contributed by atoms with Crippen LogP contribution in [-0.4, -0.2) is 5.78 Å². The molecule has 0 aliphatic heterocycles. The van der Waals surface area contributed by atoms with Gasteiger partial charge in [0.1, 0.15) is 5.78 Å². The molecule has 0 aromatic heterocycles. The van der Waals surface area contributed by atoms with Crippen LogP contribution in [0.25, 0.3) is 0 Å². The number of ketones is 1. The second kappa shape index (κ2) is 7.02. The number of nitrogens with two attached hydrogens (primary N) is 1. The second-order valence-electron chi connectivity index (χ2n) is 4.37. The molecule has 0 aliphatic rings. The van der Waals surface area contributed by atoms with Crippen LogP contribution >= 0.6 is 0 Å². The molecule has 0 fully saturated rings. The lowest BCUT2D eigenvalue weighted by Crippen LogP contribution is -2.12. The van der Waals surface area contributed by atoms with Gasteiger partial charge >= 0.3 is 0 Å². The van der Waals surface area contributed by atoms with Crippen molar-refractivity contribution < 1.29 is 4.79 Å². The van der Waals surface area contributed by atoms with E-state index in [0.29, 0.717) is 19.3 Å². The summed E-state index contributed by atoms with van der Waals surface area (Å²) in [6.07, 6.45) is 2.61. The molecule has 0 radical (unpaired) electrons. The summed E-state index contributed by atoms with van der Waals surface area (Å²) in [6, 6.07) is 9.86. The van der Waals surface area contributed by atoms with Crippen LogP contribution in [0.15, 0.2) is 42.5 Å². The Morgan fingerprint density at radius 1 is 1.35 bits per heavy atom. The Labute approximate surface area is 104 Å². The first-order valence-electron chi connectivity index (χ1n) is 6.12. The quantitative estimate of drug-likeness (QED) is 0.731. The van der Waals surface area contributed by atoms with Crippen molar-refractivity contribution in [1.82, 2.24) is 0 Å². The minimum atomic E-state index is -0.0463. The summed E-state index contributed by atoms with van der Waals surface area (Å²) < 4.78 is 0. The fourth-order valence-corrected chi connectivity index (χ4v) is 1.68. The molecule has 2 nitrogen and oxygen atoms in total. The average Bonchev–Trinajstić information content (AvgIpc) is 2.36. The lowest BCUT2D eigenvalue weighted by molar-refractivity contribution is -0.118. The van der Waals surface area contributed by atoms with Crippen LogP contribution in [0.1, 0.15) is 44.2 Å². The van der Waals surface area contributed by atoms with Crippen molar-refractivity contribution in [3.8, 4) is 0 Å². The Bertz CT molecular complexity index is 370. The summed E-state index contributed by atoms with van der Waals surface area (Å²) in [6.45, 7) is 5.87. The third-order valence-corrected chi connectivity index (χ3v) is 2.91. The predicted molar refractivity (Wildman–Crippen MR) is 71.7 cm³/mol. The SMILES string of the molecule is C=C(CC)CC(=O)CCC(N)c1ccccc1. The molecule has 1 atom stereocenters. The van der Waals surface area contributed by atoms with Gasteiger partial charge in [0.05, 0.1) is 0 Å². The van der Waals surface area contributed by atoms with E-state index in [-0.39, 0.29) is 11.8 Å². The van der Waals surface area contributed by atoms with Gasteiger partial charge in [0.25, 0.3) is 0 Å². The Morgan fingerprint density at radius 2 is 2.00 bits per heavy atom. The highest BCUT2D eigenvalue weighted by molar-refractivity contribution is 5.80. The Kier molecular flexibility index (Phi) is 5.64. The number of carbonyl (C=O) groups excluding carboxylic acids is 1. The summed E-state index contributed by atoms with van der Waals surface area (Å²) >= 11 is 0. The normalized spacial score (nSPS) is 12.1. The molecule has 0 spiro atoms. The van der Waals surface area contributed by atoms with Crippen molar-refractivity contribution in [3.63, 3.8) is 0 Å². The number of rotatable bonds is 7. The zero-order chi connectivity index (χ0) is 12.7. The molecule has 17 heavy (non-hydrogen) atoms. The Hall–Kier alpha value is -1.41. The summed E-state index contributed by atoms with van der Waals surface area (Å²) in [7, 11) is 0. The van der Waals surface area contributed by atoms with Crippen LogP contribution in [0.2, 0.25) is 0 Å². The molecular formula is C15H21NO. The lowest BCUT2D eigenvalue weighted by atomic mass is 9.99. The first kappa shape index (κ1) is 13.7. The number of hydrogen-bond acceptors (Lipinski definition) is 2. The third-order valence-electron chi connectivity index (χ3n) is 2.91. The van der Waals surface area contributed by atoms with Gasteiger partial charge in [-0.3, -0.25) is 4.79 Å². The fourth-order valence-electron chi connectivity index (χ4n) is 1.68. The summed E-state index contributed by atoms with van der Waals surface area (Å²) in [5.41, 5.74) is 8.13. The zero-order valence-corrected chi connectivity index (χ0v) is 10.5. The highest BCUT2D eigenvalue weighted by atomic mass is 16.1. The zero-order valence-electron chi connectivity index (χ0n) is 10.5. The predicted octanol–water partition coefficient (Wildman–Crippen LogP) is 3.39. The van der Waals surface area contributed by atoms with E-state index in [4.69, 9.17) is 5.73 Å². The van der Waals surface area contributed by atoms with Gasteiger partial charge in [-0.05, 0) is 18.4 Å². The first-order valence-corrected chi connectivity index (χ1v) is 6.12. The first-order chi connectivity index (χ1) is 8.13. The van der Waals surface area contributed by atoms with Gasteiger partial charge in [-0.15, -0.1) is 0 Å². The summed E-state index contributed by atoms with van der Waals surface area (Å²) in [5, 5.41) is 0. The van der Waals surface area contributed by atoms with Gasteiger partial charge < -0.3 is 5.73 Å². The van der Waals surface area contributed by atoms with Crippen LogP contribution < -0.4 is 5.73 Å². The number of benzene rings is 1. The van der Waals surface area contributed by atoms with E-state index in [1.165, 1.54) is 0 Å². The minimum Gasteiger partial charge on any atom is -0.324 e. The number of carbonyl (C=O) groups is 1. The summed E-state index contributed by atoms with van der Waals surface area (Å²) in [5.74, 6) is 0.239. The highest BCUT2D eigenvalue weighted by Crippen LogP contribution is 2.16. The maximum atomic E-state index is 11.6. The third kappa shape index (κ3) is 4.96. The highest BCUT2D eigenvalue weighted by Gasteiger charge is 2.09. The molecule has 1 unspecified atom stereocenters. The molecule has 1 aromatic carbocycles. The monoisotopic (exact) mass is 231 g/mol. The topological polar surface area (TPSA) is 43.1 Å². The smallest absolute Gasteiger partial charge is 0.136 e. The van der Waals surface area contributed by atoms with Gasteiger partial charge in [0, 0.05) is 18.9 Å². The molecule has 0 amide bonds. The Balaban J connectivity index is 2.36. The Morgan fingerprint density at radius 3 is 2.59 bits per heavy atom. The molecule has 0 aliphatic carbocycles. The van der Waals surface area contributed by atoms with E-state index in [2.05, 4.69) is 6.58 Å². The largest absolute Gasteiger partial charge is 0.324 e. The average molecular weight is 231 g/mol. The molecular weight excluding hydrogens is 210 g/mol. The molecule has 0 saturated heterocycles. The molecule has 92 valence electrons. The van der Waals surface area contributed by atoms with E-state index in [1.54, 1.807) is 0 Å². The minimum absolute atomic E-state index is 0.0463. The van der Waals surface area contributed by atoms with Gasteiger partial charge in [-0.1, -0.05) is 49.4 Å². The van der Waals surface area contributed by atoms with Crippen molar-refractivity contribution in [2.45, 2.75) is 38.6 Å². The molecule has 0 saturated carbocycles. The standard InChI is InChI=1S/C15H21NO/c1-3-12(2)11-14(17)9-10-15(16)13-7-5-4-6-8-13/h4-8,15H,2-3,9-11,16H2,1H3. The molecule has 1 aromatic rings. The number of Topliss-reactive ketones (excluding diaryl/α,β-unsaturated/α-hetero) is 1. The van der Waals surface area contributed by atoms with Crippen LogP contribution in [0.4, 0.5) is 0 Å². The van der Waals surface area contributed by atoms with Crippen molar-refractivity contribution in [2.24, 2.45) is 5.73 Å². The second-order valence-corrected chi connectivity index (χ2v) is 4.37. The van der Waals surface area contributed by atoms with Gasteiger partial charge in [0.15, 0.2) is 0 Å². The summed E-state index contributed by atoms with van der Waals surface area (Å²) in [4.78, 5) is 11.6. The fraction of sp³-hybridized carbons (Fsp3) is 0.400. The van der Waals surface area contributed by atoms with Crippen molar-refractivity contribution in [1.29, 1.82) is 0 Å². The van der Waals surface area contributed by atoms with Crippen LogP contribution in [0, 0.1) is 0 Å². The molecule has 2 heteroatoms.